The van der Waals surface area contributed by atoms with Crippen LogP contribution in [0.25, 0.3) is 0 Å². The molecule has 0 amide bonds. The zero-order chi connectivity index (χ0) is 12.4. The average molecular weight is 232 g/mol. The van der Waals surface area contributed by atoms with Gasteiger partial charge in [-0.05, 0) is 36.5 Å². The molecular formula is C14H16O3. The predicted octanol–water partition coefficient (Wildman–Crippen LogP) is 2.75. The number of rotatable bonds is 3. The highest BCUT2D eigenvalue weighted by atomic mass is 16.5. The second-order valence-electron chi connectivity index (χ2n) is 4.34. The summed E-state index contributed by atoms with van der Waals surface area (Å²) < 4.78 is 5.39. The van der Waals surface area contributed by atoms with Crippen molar-refractivity contribution in [3.63, 3.8) is 0 Å². The Morgan fingerprint density at radius 2 is 2.29 bits per heavy atom. The summed E-state index contributed by atoms with van der Waals surface area (Å²) in [6.07, 6.45) is 2.85. The number of hydrogen-bond donors (Lipinski definition) is 0. The van der Waals surface area contributed by atoms with E-state index < -0.39 is 0 Å². The third-order valence-electron chi connectivity index (χ3n) is 3.37. The molecule has 0 saturated carbocycles. The van der Waals surface area contributed by atoms with Gasteiger partial charge in [0.15, 0.2) is 0 Å². The van der Waals surface area contributed by atoms with Crippen LogP contribution in [0.15, 0.2) is 12.1 Å². The normalized spacial score (nSPS) is 17.6. The Hall–Kier alpha value is -1.64. The van der Waals surface area contributed by atoms with Crippen LogP contribution in [0, 0.1) is 6.92 Å². The molecule has 3 heteroatoms. The van der Waals surface area contributed by atoms with Gasteiger partial charge in [-0.1, -0.05) is 19.1 Å². The number of benzene rings is 1. The van der Waals surface area contributed by atoms with E-state index in [2.05, 4.69) is 0 Å². The summed E-state index contributed by atoms with van der Waals surface area (Å²) in [5, 5.41) is 0. The number of carbonyl (C=O) groups excluding carboxylic acids is 2. The molecule has 1 aliphatic rings. The fourth-order valence-corrected chi connectivity index (χ4v) is 2.35. The number of ether oxygens (including phenoxy) is 1. The van der Waals surface area contributed by atoms with E-state index in [1.807, 2.05) is 13.0 Å². The molecule has 3 nitrogen and oxygen atoms in total. The van der Waals surface area contributed by atoms with Gasteiger partial charge in [0.05, 0.1) is 0 Å². The highest BCUT2D eigenvalue weighted by molar-refractivity contribution is 5.78. The number of esters is 1. The minimum atomic E-state index is -0.167. The maximum absolute atomic E-state index is 11.3. The fourth-order valence-electron chi connectivity index (χ4n) is 2.35. The summed E-state index contributed by atoms with van der Waals surface area (Å²) in [7, 11) is 0. The number of aldehydes is 1. The highest BCUT2D eigenvalue weighted by Crippen LogP contribution is 2.36. The molecular weight excluding hydrogens is 216 g/mol. The first-order valence-corrected chi connectivity index (χ1v) is 5.94. The van der Waals surface area contributed by atoms with Gasteiger partial charge in [0.2, 0.25) is 0 Å². The van der Waals surface area contributed by atoms with E-state index in [0.29, 0.717) is 6.42 Å². The molecule has 1 aromatic rings. The Labute approximate surface area is 101 Å². The molecule has 1 atom stereocenters. The van der Waals surface area contributed by atoms with Crippen LogP contribution in [0.4, 0.5) is 0 Å². The van der Waals surface area contributed by atoms with E-state index in [9.17, 15) is 9.59 Å². The van der Waals surface area contributed by atoms with Crippen LogP contribution in [-0.4, -0.2) is 12.3 Å². The Bertz CT molecular complexity index is 463. The largest absolute Gasteiger partial charge is 0.457 e. The summed E-state index contributed by atoms with van der Waals surface area (Å²) in [5.74, 6) is -0.167. The van der Waals surface area contributed by atoms with Crippen LogP contribution in [-0.2, 0) is 16.0 Å². The van der Waals surface area contributed by atoms with E-state index in [1.165, 1.54) is 5.56 Å². The van der Waals surface area contributed by atoms with Crippen molar-refractivity contribution in [1.82, 2.24) is 0 Å². The fraction of sp³-hybridized carbons (Fsp3) is 0.429. The Balaban J connectivity index is 2.30. The van der Waals surface area contributed by atoms with Crippen molar-refractivity contribution in [3.8, 4) is 0 Å². The van der Waals surface area contributed by atoms with Crippen LogP contribution in [0.3, 0.4) is 0 Å². The third-order valence-corrected chi connectivity index (χ3v) is 3.37. The van der Waals surface area contributed by atoms with Crippen LogP contribution >= 0.6 is 0 Å². The molecule has 0 radical (unpaired) electrons. The van der Waals surface area contributed by atoms with Gasteiger partial charge < -0.3 is 4.74 Å². The molecule has 90 valence electrons. The third kappa shape index (κ3) is 2.09. The smallest absolute Gasteiger partial charge is 0.306 e. The van der Waals surface area contributed by atoms with Gasteiger partial charge in [0.25, 0.3) is 0 Å². The molecule has 2 rings (SSSR count). The van der Waals surface area contributed by atoms with Gasteiger partial charge in [0, 0.05) is 12.0 Å². The Kier molecular flexibility index (Phi) is 3.27. The van der Waals surface area contributed by atoms with Crippen molar-refractivity contribution in [2.45, 2.75) is 39.2 Å². The second kappa shape index (κ2) is 4.70. The molecule has 0 spiro atoms. The van der Waals surface area contributed by atoms with Gasteiger partial charge in [-0.25, -0.2) is 0 Å². The Morgan fingerprint density at radius 3 is 2.94 bits per heavy atom. The van der Waals surface area contributed by atoms with Crippen molar-refractivity contribution in [1.29, 1.82) is 0 Å². The van der Waals surface area contributed by atoms with Crippen molar-refractivity contribution in [2.75, 3.05) is 0 Å². The second-order valence-corrected chi connectivity index (χ2v) is 4.34. The van der Waals surface area contributed by atoms with Crippen molar-refractivity contribution < 1.29 is 14.3 Å². The molecule has 0 heterocycles. The maximum atomic E-state index is 11.3. The molecule has 0 fully saturated rings. The zero-order valence-electron chi connectivity index (χ0n) is 10.2. The molecule has 0 aromatic heterocycles. The first kappa shape index (κ1) is 11.8. The quantitative estimate of drug-likeness (QED) is 0.594. The summed E-state index contributed by atoms with van der Waals surface area (Å²) >= 11 is 0. The maximum Gasteiger partial charge on any atom is 0.306 e. The molecule has 0 saturated heterocycles. The van der Waals surface area contributed by atoms with Crippen LogP contribution in [0.5, 0.6) is 0 Å². The monoisotopic (exact) mass is 232 g/mol. The van der Waals surface area contributed by atoms with Gasteiger partial charge in [-0.3, -0.25) is 9.59 Å². The molecule has 1 aliphatic carbocycles. The molecule has 1 aromatic carbocycles. The molecule has 0 bridgehead atoms. The lowest BCUT2D eigenvalue weighted by molar-refractivity contribution is -0.148. The lowest BCUT2D eigenvalue weighted by atomic mass is 9.99. The van der Waals surface area contributed by atoms with Crippen molar-refractivity contribution >= 4 is 12.3 Å². The van der Waals surface area contributed by atoms with E-state index in [1.54, 1.807) is 13.0 Å². The van der Waals surface area contributed by atoms with Crippen molar-refractivity contribution in [3.05, 3.63) is 34.4 Å². The van der Waals surface area contributed by atoms with Crippen molar-refractivity contribution in [2.24, 2.45) is 0 Å². The van der Waals surface area contributed by atoms with Gasteiger partial charge in [-0.2, -0.15) is 0 Å². The lowest BCUT2D eigenvalue weighted by Gasteiger charge is -2.13. The van der Waals surface area contributed by atoms with E-state index in [4.69, 9.17) is 4.74 Å². The summed E-state index contributed by atoms with van der Waals surface area (Å²) in [5.41, 5.74) is 3.98. The lowest BCUT2D eigenvalue weighted by Crippen LogP contribution is -2.08. The van der Waals surface area contributed by atoms with E-state index in [-0.39, 0.29) is 12.1 Å². The van der Waals surface area contributed by atoms with E-state index in [0.717, 1.165) is 35.8 Å². The zero-order valence-corrected chi connectivity index (χ0v) is 10.2. The van der Waals surface area contributed by atoms with Gasteiger partial charge in [0.1, 0.15) is 12.4 Å². The first-order valence-electron chi connectivity index (χ1n) is 5.94. The topological polar surface area (TPSA) is 43.4 Å². The molecule has 0 unspecified atom stereocenters. The Morgan fingerprint density at radius 1 is 1.53 bits per heavy atom. The summed E-state index contributed by atoms with van der Waals surface area (Å²) in [6.45, 7) is 3.74. The number of carbonyl (C=O) groups is 2. The SMILES string of the molecule is CCC(=O)O[C@@H]1CCc2c1ccc(C=O)c2C. The van der Waals surface area contributed by atoms with Gasteiger partial charge in [-0.15, -0.1) is 0 Å². The number of hydrogen-bond acceptors (Lipinski definition) is 3. The van der Waals surface area contributed by atoms with Gasteiger partial charge >= 0.3 is 5.97 Å². The first-order chi connectivity index (χ1) is 8.17. The highest BCUT2D eigenvalue weighted by Gasteiger charge is 2.27. The van der Waals surface area contributed by atoms with Crippen LogP contribution in [0.2, 0.25) is 0 Å². The molecule has 0 N–H and O–H groups in total. The standard InChI is InChI=1S/C14H16O3/c1-3-14(16)17-13-7-6-11-9(2)10(8-15)4-5-12(11)13/h4-5,8,13H,3,6-7H2,1-2H3/t13-/m1/s1. The van der Waals surface area contributed by atoms with Crippen LogP contribution < -0.4 is 0 Å². The van der Waals surface area contributed by atoms with Crippen LogP contribution in [0.1, 0.15) is 52.9 Å². The minimum absolute atomic E-state index is 0.128. The molecule has 0 aliphatic heterocycles. The number of fused-ring (bicyclic) bond motifs is 1. The summed E-state index contributed by atoms with van der Waals surface area (Å²) in [6, 6.07) is 3.71. The minimum Gasteiger partial charge on any atom is -0.457 e. The summed E-state index contributed by atoms with van der Waals surface area (Å²) in [4.78, 5) is 22.2. The van der Waals surface area contributed by atoms with E-state index >= 15 is 0 Å². The molecule has 17 heavy (non-hydrogen) atoms. The predicted molar refractivity (Wildman–Crippen MR) is 64.0 cm³/mol. The average Bonchev–Trinajstić information content (AvgIpc) is 2.74.